The predicted octanol–water partition coefficient (Wildman–Crippen LogP) is 3.79. The standard InChI is InChI=1S/C23H23N5O/c1-29-21-5-2-17(3-6-21)14-27-13-10-20(15-27)23-25-22-7-4-19(16-28(22)26-23)18-8-11-24-12-9-18/h2-9,11-12,16,20H,10,13-15H2,1H3. The molecule has 29 heavy (non-hydrogen) atoms. The summed E-state index contributed by atoms with van der Waals surface area (Å²) in [5.41, 5.74) is 4.44. The third kappa shape index (κ3) is 3.71. The molecule has 1 saturated heterocycles. The van der Waals surface area contributed by atoms with E-state index < -0.39 is 0 Å². The van der Waals surface area contributed by atoms with Crippen LogP contribution in [0.4, 0.5) is 0 Å². The molecule has 0 radical (unpaired) electrons. The summed E-state index contributed by atoms with van der Waals surface area (Å²) in [4.78, 5) is 11.4. The molecule has 5 rings (SSSR count). The zero-order chi connectivity index (χ0) is 19.6. The fraction of sp³-hybridized carbons (Fsp3) is 0.261. The molecule has 0 saturated carbocycles. The molecule has 1 fully saturated rings. The first-order chi connectivity index (χ1) is 14.3. The van der Waals surface area contributed by atoms with Crippen LogP contribution in [0.1, 0.15) is 23.7 Å². The van der Waals surface area contributed by atoms with Gasteiger partial charge in [0, 0.05) is 43.2 Å². The van der Waals surface area contributed by atoms with E-state index in [1.807, 2.05) is 53.4 Å². The summed E-state index contributed by atoms with van der Waals surface area (Å²) in [6.45, 7) is 2.99. The second-order valence-corrected chi connectivity index (χ2v) is 7.50. The summed E-state index contributed by atoms with van der Waals surface area (Å²) in [6.07, 6.45) is 6.75. The van der Waals surface area contributed by atoms with Gasteiger partial charge >= 0.3 is 0 Å². The van der Waals surface area contributed by atoms with Gasteiger partial charge in [0.05, 0.1) is 7.11 Å². The van der Waals surface area contributed by atoms with Crippen molar-refractivity contribution >= 4 is 5.65 Å². The van der Waals surface area contributed by atoms with Crippen molar-refractivity contribution in [2.24, 2.45) is 0 Å². The predicted molar refractivity (Wildman–Crippen MR) is 112 cm³/mol. The van der Waals surface area contributed by atoms with E-state index >= 15 is 0 Å². The number of ether oxygens (including phenoxy) is 1. The molecule has 0 spiro atoms. The molecular formula is C23H23N5O. The lowest BCUT2D eigenvalue weighted by atomic mass is 10.1. The van der Waals surface area contributed by atoms with Crippen molar-refractivity contribution in [3.63, 3.8) is 0 Å². The lowest BCUT2D eigenvalue weighted by Gasteiger charge is -2.15. The highest BCUT2D eigenvalue weighted by molar-refractivity contribution is 5.63. The minimum absolute atomic E-state index is 0.373. The molecule has 146 valence electrons. The molecule has 1 aromatic carbocycles. The van der Waals surface area contributed by atoms with Crippen LogP contribution >= 0.6 is 0 Å². The largest absolute Gasteiger partial charge is 0.497 e. The molecular weight excluding hydrogens is 362 g/mol. The van der Waals surface area contributed by atoms with Gasteiger partial charge in [0.1, 0.15) is 5.75 Å². The van der Waals surface area contributed by atoms with Crippen molar-refractivity contribution in [3.05, 3.63) is 78.5 Å². The van der Waals surface area contributed by atoms with Gasteiger partial charge in [0.2, 0.25) is 0 Å². The van der Waals surface area contributed by atoms with Gasteiger partial charge in [-0.2, -0.15) is 5.10 Å². The monoisotopic (exact) mass is 385 g/mol. The third-order valence-corrected chi connectivity index (χ3v) is 5.56. The SMILES string of the molecule is COc1ccc(CN2CCC(c3nc4ccc(-c5ccncc5)cn4n3)C2)cc1. The Labute approximate surface area is 169 Å². The Morgan fingerprint density at radius 3 is 2.62 bits per heavy atom. The molecule has 1 unspecified atom stereocenters. The van der Waals surface area contributed by atoms with Gasteiger partial charge in [-0.25, -0.2) is 9.50 Å². The summed E-state index contributed by atoms with van der Waals surface area (Å²) in [5.74, 6) is 2.21. The lowest BCUT2D eigenvalue weighted by molar-refractivity contribution is 0.325. The van der Waals surface area contributed by atoms with Gasteiger partial charge in [-0.3, -0.25) is 9.88 Å². The van der Waals surface area contributed by atoms with E-state index in [1.54, 1.807) is 7.11 Å². The molecule has 0 aliphatic carbocycles. The van der Waals surface area contributed by atoms with Crippen molar-refractivity contribution in [1.29, 1.82) is 0 Å². The van der Waals surface area contributed by atoms with E-state index in [0.717, 1.165) is 54.4 Å². The van der Waals surface area contributed by atoms with Crippen LogP contribution in [-0.2, 0) is 6.54 Å². The van der Waals surface area contributed by atoms with Crippen molar-refractivity contribution < 1.29 is 4.74 Å². The molecule has 0 N–H and O–H groups in total. The molecule has 0 bridgehead atoms. The number of nitrogens with zero attached hydrogens (tertiary/aromatic N) is 5. The Kier molecular flexibility index (Phi) is 4.69. The van der Waals surface area contributed by atoms with Crippen molar-refractivity contribution in [2.75, 3.05) is 20.2 Å². The zero-order valence-corrected chi connectivity index (χ0v) is 16.4. The average molecular weight is 385 g/mol. The van der Waals surface area contributed by atoms with E-state index in [-0.39, 0.29) is 0 Å². The molecule has 6 heteroatoms. The minimum atomic E-state index is 0.373. The molecule has 4 aromatic rings. The molecule has 6 nitrogen and oxygen atoms in total. The third-order valence-electron chi connectivity index (χ3n) is 5.56. The molecule has 1 atom stereocenters. The van der Waals surface area contributed by atoms with Crippen molar-refractivity contribution in [1.82, 2.24) is 24.5 Å². The van der Waals surface area contributed by atoms with E-state index in [1.165, 1.54) is 5.56 Å². The molecule has 1 aliphatic heterocycles. The first-order valence-electron chi connectivity index (χ1n) is 9.90. The van der Waals surface area contributed by atoms with E-state index in [0.29, 0.717) is 5.92 Å². The van der Waals surface area contributed by atoms with Crippen LogP contribution in [0, 0.1) is 0 Å². The quantitative estimate of drug-likeness (QED) is 0.523. The lowest BCUT2D eigenvalue weighted by Crippen LogP contribution is -2.19. The number of likely N-dealkylation sites (tertiary alicyclic amines) is 1. The Hall–Kier alpha value is -3.25. The van der Waals surface area contributed by atoms with Gasteiger partial charge in [0.15, 0.2) is 11.5 Å². The molecule has 1 aliphatic rings. The number of pyridine rings is 2. The second-order valence-electron chi connectivity index (χ2n) is 7.50. The average Bonchev–Trinajstić information content (AvgIpc) is 3.41. The van der Waals surface area contributed by atoms with E-state index in [9.17, 15) is 0 Å². The van der Waals surface area contributed by atoms with Crippen molar-refractivity contribution in [3.8, 4) is 16.9 Å². The summed E-state index contributed by atoms with van der Waals surface area (Å²) in [6, 6.07) is 16.5. The number of hydrogen-bond donors (Lipinski definition) is 0. The smallest absolute Gasteiger partial charge is 0.156 e. The van der Waals surface area contributed by atoms with Crippen LogP contribution in [0.5, 0.6) is 5.75 Å². The summed E-state index contributed by atoms with van der Waals surface area (Å²) >= 11 is 0. The van der Waals surface area contributed by atoms with Crippen LogP contribution in [0.3, 0.4) is 0 Å². The fourth-order valence-electron chi connectivity index (χ4n) is 3.96. The van der Waals surface area contributed by atoms with Crippen LogP contribution < -0.4 is 4.74 Å². The maximum absolute atomic E-state index is 5.24. The number of hydrogen-bond acceptors (Lipinski definition) is 5. The highest BCUT2D eigenvalue weighted by Gasteiger charge is 2.27. The normalized spacial score (nSPS) is 17.1. The Bertz CT molecular complexity index is 1110. The maximum atomic E-state index is 5.24. The highest BCUT2D eigenvalue weighted by atomic mass is 16.5. The van der Waals surface area contributed by atoms with Gasteiger partial charge in [-0.15, -0.1) is 0 Å². The summed E-state index contributed by atoms with van der Waals surface area (Å²) in [7, 11) is 1.70. The number of rotatable bonds is 5. The molecule has 0 amide bonds. The summed E-state index contributed by atoms with van der Waals surface area (Å²) < 4.78 is 7.14. The van der Waals surface area contributed by atoms with E-state index in [4.69, 9.17) is 14.8 Å². The van der Waals surface area contributed by atoms with Crippen LogP contribution in [-0.4, -0.2) is 44.7 Å². The van der Waals surface area contributed by atoms with Gasteiger partial charge in [-0.1, -0.05) is 12.1 Å². The van der Waals surface area contributed by atoms with Gasteiger partial charge < -0.3 is 4.74 Å². The Morgan fingerprint density at radius 1 is 1.00 bits per heavy atom. The first-order valence-corrected chi connectivity index (χ1v) is 9.90. The fourth-order valence-corrected chi connectivity index (χ4v) is 3.96. The maximum Gasteiger partial charge on any atom is 0.156 e. The van der Waals surface area contributed by atoms with Crippen molar-refractivity contribution in [2.45, 2.75) is 18.9 Å². The summed E-state index contributed by atoms with van der Waals surface area (Å²) in [5, 5.41) is 4.79. The highest BCUT2D eigenvalue weighted by Crippen LogP contribution is 2.27. The van der Waals surface area contributed by atoms with Crippen LogP contribution in [0.15, 0.2) is 67.1 Å². The van der Waals surface area contributed by atoms with Crippen LogP contribution in [0.25, 0.3) is 16.8 Å². The Morgan fingerprint density at radius 2 is 1.83 bits per heavy atom. The number of benzene rings is 1. The molecule has 4 heterocycles. The van der Waals surface area contributed by atoms with Gasteiger partial charge in [0.25, 0.3) is 0 Å². The van der Waals surface area contributed by atoms with Gasteiger partial charge in [-0.05, 0) is 60.5 Å². The zero-order valence-electron chi connectivity index (χ0n) is 16.4. The topological polar surface area (TPSA) is 55.5 Å². The number of fused-ring (bicyclic) bond motifs is 1. The molecule has 3 aromatic heterocycles. The first kappa shape index (κ1) is 17.8. The Balaban J connectivity index is 1.30. The second kappa shape index (κ2) is 7.64. The number of aromatic nitrogens is 4. The number of methoxy groups -OCH3 is 1. The minimum Gasteiger partial charge on any atom is -0.497 e. The van der Waals surface area contributed by atoms with E-state index in [2.05, 4.69) is 28.1 Å². The van der Waals surface area contributed by atoms with Crippen LogP contribution in [0.2, 0.25) is 0 Å².